The molecule has 4 nitrogen and oxygen atoms in total. The van der Waals surface area contributed by atoms with E-state index in [4.69, 9.17) is 18.9 Å². The summed E-state index contributed by atoms with van der Waals surface area (Å²) >= 11 is 0. The summed E-state index contributed by atoms with van der Waals surface area (Å²) in [5, 5.41) is 0. The lowest BCUT2D eigenvalue weighted by atomic mass is 9.79. The highest BCUT2D eigenvalue weighted by atomic mass is 16.7. The monoisotopic (exact) mass is 314 g/mol. The Morgan fingerprint density at radius 2 is 1.13 bits per heavy atom. The SMILES string of the molecule is COCOCC1(COCOC)c2ccccc2-c2ccccc21. The normalized spacial score (nSPS) is 14.5. The molecule has 0 saturated heterocycles. The zero-order chi connectivity index (χ0) is 16.1. The molecule has 0 amide bonds. The molecule has 2 aromatic rings. The van der Waals surface area contributed by atoms with Crippen LogP contribution in [0.5, 0.6) is 0 Å². The van der Waals surface area contributed by atoms with Gasteiger partial charge in [0.15, 0.2) is 0 Å². The lowest BCUT2D eigenvalue weighted by Crippen LogP contribution is -2.37. The summed E-state index contributed by atoms with van der Waals surface area (Å²) in [4.78, 5) is 0. The Labute approximate surface area is 136 Å². The van der Waals surface area contributed by atoms with Crippen molar-refractivity contribution >= 4 is 0 Å². The van der Waals surface area contributed by atoms with Crippen LogP contribution in [0.1, 0.15) is 11.1 Å². The van der Waals surface area contributed by atoms with Crippen LogP contribution in [-0.2, 0) is 24.4 Å². The number of methoxy groups -OCH3 is 2. The minimum absolute atomic E-state index is 0.260. The Morgan fingerprint density at radius 3 is 1.57 bits per heavy atom. The van der Waals surface area contributed by atoms with Crippen molar-refractivity contribution in [1.82, 2.24) is 0 Å². The van der Waals surface area contributed by atoms with Crippen molar-refractivity contribution in [2.24, 2.45) is 0 Å². The Bertz CT molecular complexity index is 596. The first-order chi connectivity index (χ1) is 11.3. The molecule has 2 aromatic carbocycles. The molecule has 0 radical (unpaired) electrons. The van der Waals surface area contributed by atoms with Gasteiger partial charge < -0.3 is 18.9 Å². The topological polar surface area (TPSA) is 36.9 Å². The highest BCUT2D eigenvalue weighted by Crippen LogP contribution is 2.49. The predicted molar refractivity (Wildman–Crippen MR) is 88.3 cm³/mol. The van der Waals surface area contributed by atoms with Gasteiger partial charge in [0.05, 0.1) is 18.6 Å². The van der Waals surface area contributed by atoms with Gasteiger partial charge in [0, 0.05) is 14.2 Å². The maximum Gasteiger partial charge on any atom is 0.146 e. The number of fused-ring (bicyclic) bond motifs is 3. The van der Waals surface area contributed by atoms with Gasteiger partial charge in [0.2, 0.25) is 0 Å². The van der Waals surface area contributed by atoms with Crippen molar-refractivity contribution < 1.29 is 18.9 Å². The zero-order valence-corrected chi connectivity index (χ0v) is 13.6. The molecule has 0 heterocycles. The lowest BCUT2D eigenvalue weighted by Gasteiger charge is -2.31. The third-order valence-corrected chi connectivity index (χ3v) is 4.27. The van der Waals surface area contributed by atoms with Crippen LogP contribution in [-0.4, -0.2) is 41.0 Å². The molecule has 0 aromatic heterocycles. The quantitative estimate of drug-likeness (QED) is 0.554. The fourth-order valence-corrected chi connectivity index (χ4v) is 3.37. The van der Waals surface area contributed by atoms with Crippen LogP contribution in [0.25, 0.3) is 11.1 Å². The van der Waals surface area contributed by atoms with Gasteiger partial charge in [-0.3, -0.25) is 0 Å². The van der Waals surface area contributed by atoms with Crippen LogP contribution in [0, 0.1) is 0 Å². The molecule has 0 atom stereocenters. The minimum Gasteiger partial charge on any atom is -0.359 e. The molecule has 0 bridgehead atoms. The Morgan fingerprint density at radius 1 is 0.696 bits per heavy atom. The van der Waals surface area contributed by atoms with Crippen molar-refractivity contribution in [2.75, 3.05) is 41.0 Å². The van der Waals surface area contributed by atoms with Crippen molar-refractivity contribution in [3.05, 3.63) is 59.7 Å². The summed E-state index contributed by atoms with van der Waals surface area (Å²) in [5.41, 5.74) is 4.60. The first kappa shape index (κ1) is 16.1. The zero-order valence-electron chi connectivity index (χ0n) is 13.6. The fraction of sp³-hybridized carbons (Fsp3) is 0.368. The van der Waals surface area contributed by atoms with E-state index >= 15 is 0 Å². The van der Waals surface area contributed by atoms with Gasteiger partial charge in [0.25, 0.3) is 0 Å². The molecule has 0 aliphatic heterocycles. The molecule has 1 aliphatic carbocycles. The van der Waals surface area contributed by atoms with Gasteiger partial charge >= 0.3 is 0 Å². The molecule has 0 spiro atoms. The minimum atomic E-state index is -0.343. The largest absolute Gasteiger partial charge is 0.359 e. The molecule has 4 heteroatoms. The third-order valence-electron chi connectivity index (χ3n) is 4.27. The number of hydrogen-bond donors (Lipinski definition) is 0. The highest BCUT2D eigenvalue weighted by Gasteiger charge is 2.43. The second-order valence-electron chi connectivity index (χ2n) is 5.68. The van der Waals surface area contributed by atoms with E-state index in [-0.39, 0.29) is 19.0 Å². The summed E-state index contributed by atoms with van der Waals surface area (Å²) in [7, 11) is 3.26. The Kier molecular flexibility index (Phi) is 5.08. The van der Waals surface area contributed by atoms with E-state index in [1.165, 1.54) is 22.3 Å². The number of benzene rings is 2. The molecular formula is C19H22O4. The van der Waals surface area contributed by atoms with Crippen LogP contribution in [0.15, 0.2) is 48.5 Å². The van der Waals surface area contributed by atoms with Gasteiger partial charge in [-0.1, -0.05) is 48.5 Å². The average Bonchev–Trinajstić information content (AvgIpc) is 2.87. The van der Waals surface area contributed by atoms with Crippen LogP contribution >= 0.6 is 0 Å². The lowest BCUT2D eigenvalue weighted by molar-refractivity contribution is -0.0788. The molecule has 3 rings (SSSR count). The van der Waals surface area contributed by atoms with E-state index in [0.29, 0.717) is 13.2 Å². The van der Waals surface area contributed by atoms with Crippen molar-refractivity contribution in [3.8, 4) is 11.1 Å². The number of ether oxygens (including phenoxy) is 4. The van der Waals surface area contributed by atoms with Gasteiger partial charge in [0.1, 0.15) is 13.6 Å². The summed E-state index contributed by atoms with van der Waals surface area (Å²) < 4.78 is 21.7. The Balaban J connectivity index is 2.05. The predicted octanol–water partition coefficient (Wildman–Crippen LogP) is 3.19. The van der Waals surface area contributed by atoms with E-state index in [1.807, 2.05) is 0 Å². The van der Waals surface area contributed by atoms with Crippen LogP contribution in [0.2, 0.25) is 0 Å². The van der Waals surface area contributed by atoms with Crippen molar-refractivity contribution in [1.29, 1.82) is 0 Å². The summed E-state index contributed by atoms with van der Waals surface area (Å²) in [6, 6.07) is 16.9. The van der Waals surface area contributed by atoms with E-state index in [9.17, 15) is 0 Å². The van der Waals surface area contributed by atoms with Gasteiger partial charge in [-0.25, -0.2) is 0 Å². The number of hydrogen-bond acceptors (Lipinski definition) is 4. The summed E-state index contributed by atoms with van der Waals surface area (Å²) in [5.74, 6) is 0. The number of rotatable bonds is 8. The van der Waals surface area contributed by atoms with Crippen LogP contribution < -0.4 is 0 Å². The molecule has 1 aliphatic rings. The molecule has 23 heavy (non-hydrogen) atoms. The van der Waals surface area contributed by atoms with Gasteiger partial charge in [-0.2, -0.15) is 0 Å². The highest BCUT2D eigenvalue weighted by molar-refractivity contribution is 5.81. The maximum absolute atomic E-state index is 5.77. The second kappa shape index (κ2) is 7.23. The van der Waals surface area contributed by atoms with Gasteiger partial charge in [-0.05, 0) is 22.3 Å². The molecule has 0 saturated carbocycles. The standard InChI is InChI=1S/C19H22O4/c1-20-13-22-11-19(12-23-14-21-2)17-9-5-3-7-15(17)16-8-4-6-10-18(16)19/h3-10H,11-14H2,1-2H3. The Hall–Kier alpha value is -1.72. The van der Waals surface area contributed by atoms with E-state index in [2.05, 4.69) is 48.5 Å². The molecule has 0 N–H and O–H groups in total. The van der Waals surface area contributed by atoms with Crippen LogP contribution in [0.4, 0.5) is 0 Å². The van der Waals surface area contributed by atoms with Crippen LogP contribution in [0.3, 0.4) is 0 Å². The molecule has 0 unspecified atom stereocenters. The van der Waals surface area contributed by atoms with E-state index in [1.54, 1.807) is 14.2 Å². The maximum atomic E-state index is 5.77. The van der Waals surface area contributed by atoms with E-state index < -0.39 is 0 Å². The molecular weight excluding hydrogens is 292 g/mol. The molecule has 122 valence electrons. The van der Waals surface area contributed by atoms with Crippen molar-refractivity contribution in [2.45, 2.75) is 5.41 Å². The van der Waals surface area contributed by atoms with Crippen molar-refractivity contribution in [3.63, 3.8) is 0 Å². The second-order valence-corrected chi connectivity index (χ2v) is 5.68. The summed E-state index contributed by atoms with van der Waals surface area (Å²) in [6.45, 7) is 1.52. The smallest absolute Gasteiger partial charge is 0.146 e. The first-order valence-corrected chi connectivity index (χ1v) is 7.66. The fourth-order valence-electron chi connectivity index (χ4n) is 3.37. The summed E-state index contributed by atoms with van der Waals surface area (Å²) in [6.07, 6.45) is 0. The molecule has 0 fully saturated rings. The third kappa shape index (κ3) is 2.91. The van der Waals surface area contributed by atoms with Gasteiger partial charge in [-0.15, -0.1) is 0 Å². The first-order valence-electron chi connectivity index (χ1n) is 7.66. The average molecular weight is 314 g/mol. The van der Waals surface area contributed by atoms with E-state index in [0.717, 1.165) is 0 Å².